The predicted octanol–water partition coefficient (Wildman–Crippen LogP) is 0.521. The van der Waals surface area contributed by atoms with Crippen molar-refractivity contribution in [2.45, 2.75) is 95.5 Å². The van der Waals surface area contributed by atoms with Gasteiger partial charge in [-0.2, -0.15) is 0 Å². The van der Waals surface area contributed by atoms with Crippen LogP contribution in [-0.2, 0) is 4.79 Å². The summed E-state index contributed by atoms with van der Waals surface area (Å²) in [6, 6.07) is 0. The Morgan fingerprint density at radius 3 is 1.52 bits per heavy atom. The molecule has 0 bridgehead atoms. The van der Waals surface area contributed by atoms with Crippen LogP contribution in [0.3, 0.4) is 0 Å². The number of hydrogen-bond donors (Lipinski definition) is 6. The maximum atomic E-state index is 9.90. The third-order valence-corrected chi connectivity index (χ3v) is 3.93. The fourth-order valence-corrected chi connectivity index (χ4v) is 2.22. The molecule has 0 heterocycles. The quantitative estimate of drug-likeness (QED) is 0.183. The highest BCUT2D eigenvalue weighted by atomic mass is 16.4. The molecule has 0 aromatic carbocycles. The van der Waals surface area contributed by atoms with Gasteiger partial charge in [0.15, 0.2) is 6.29 Å². The predicted molar refractivity (Wildman–Crippen MR) is 96.1 cm³/mol. The van der Waals surface area contributed by atoms with E-state index >= 15 is 0 Å². The highest BCUT2D eigenvalue weighted by Gasteiger charge is 2.29. The molecule has 7 heteroatoms. The van der Waals surface area contributed by atoms with Crippen LogP contribution in [0.4, 0.5) is 0 Å². The number of hydrogen-bond acceptors (Lipinski definition) is 7. The van der Waals surface area contributed by atoms with Gasteiger partial charge in [-0.15, -0.1) is 0 Å². The molecular formula is C18H38O7. The molecule has 0 saturated heterocycles. The van der Waals surface area contributed by atoms with Crippen molar-refractivity contribution in [3.8, 4) is 0 Å². The zero-order valence-electron chi connectivity index (χ0n) is 15.5. The number of carbonyl (C=O) groups is 1. The van der Waals surface area contributed by atoms with Crippen molar-refractivity contribution in [3.05, 3.63) is 0 Å². The third-order valence-electron chi connectivity index (χ3n) is 3.93. The number of aliphatic hydroxyl groups excluding tert-OH is 6. The molecule has 0 aromatic heterocycles. The summed E-state index contributed by atoms with van der Waals surface area (Å²) in [4.78, 5) is 9.90. The highest BCUT2D eigenvalue weighted by Crippen LogP contribution is 2.10. The summed E-state index contributed by atoms with van der Waals surface area (Å²) in [5, 5.41) is 52.1. The molecule has 6 N–H and O–H groups in total. The minimum absolute atomic E-state index is 0.0258. The molecule has 0 amide bonds. The number of rotatable bonds is 15. The second-order valence-electron chi connectivity index (χ2n) is 6.26. The maximum absolute atomic E-state index is 9.90. The van der Waals surface area contributed by atoms with E-state index in [4.69, 9.17) is 30.6 Å². The van der Waals surface area contributed by atoms with Crippen LogP contribution in [0, 0.1) is 0 Å². The van der Waals surface area contributed by atoms with Crippen molar-refractivity contribution >= 4 is 6.29 Å². The van der Waals surface area contributed by atoms with Gasteiger partial charge in [-0.1, -0.05) is 64.7 Å². The van der Waals surface area contributed by atoms with E-state index in [2.05, 4.69) is 6.92 Å². The van der Waals surface area contributed by atoms with E-state index in [1.165, 1.54) is 57.8 Å². The van der Waals surface area contributed by atoms with E-state index in [1.54, 1.807) is 0 Å². The van der Waals surface area contributed by atoms with Crippen LogP contribution >= 0.6 is 0 Å². The molecule has 0 saturated carbocycles. The van der Waals surface area contributed by atoms with Gasteiger partial charge in [0.2, 0.25) is 0 Å². The monoisotopic (exact) mass is 366 g/mol. The molecule has 152 valence electrons. The maximum Gasteiger partial charge on any atom is 0.151 e. The van der Waals surface area contributed by atoms with Gasteiger partial charge in [0.25, 0.3) is 0 Å². The van der Waals surface area contributed by atoms with E-state index in [9.17, 15) is 4.79 Å². The highest BCUT2D eigenvalue weighted by molar-refractivity contribution is 5.56. The minimum Gasteiger partial charge on any atom is -0.396 e. The van der Waals surface area contributed by atoms with Crippen LogP contribution in [0.5, 0.6) is 0 Å². The largest absolute Gasteiger partial charge is 0.396 e. The van der Waals surface area contributed by atoms with Crippen LogP contribution in [0.25, 0.3) is 0 Å². The molecule has 4 atom stereocenters. The summed E-state index contributed by atoms with van der Waals surface area (Å²) in [6.45, 7) is 1.87. The van der Waals surface area contributed by atoms with Crippen molar-refractivity contribution < 1.29 is 35.4 Å². The Morgan fingerprint density at radius 2 is 1.16 bits per heavy atom. The lowest BCUT2D eigenvalue weighted by Crippen LogP contribution is -2.46. The molecule has 0 radical (unpaired) electrons. The second kappa shape index (κ2) is 19.8. The van der Waals surface area contributed by atoms with Crippen molar-refractivity contribution in [1.82, 2.24) is 0 Å². The van der Waals surface area contributed by atoms with Crippen LogP contribution in [0.1, 0.15) is 71.1 Å². The van der Waals surface area contributed by atoms with Crippen LogP contribution < -0.4 is 0 Å². The molecule has 0 aliphatic heterocycles. The summed E-state index contributed by atoms with van der Waals surface area (Å²) in [5.41, 5.74) is 0. The third kappa shape index (κ3) is 16.6. The van der Waals surface area contributed by atoms with Gasteiger partial charge in [-0.05, 0) is 6.42 Å². The van der Waals surface area contributed by atoms with Gasteiger partial charge in [0, 0.05) is 6.61 Å². The zero-order valence-corrected chi connectivity index (χ0v) is 15.5. The first-order valence-electron chi connectivity index (χ1n) is 9.35. The summed E-state index contributed by atoms with van der Waals surface area (Å²) in [7, 11) is 0. The van der Waals surface area contributed by atoms with E-state index in [-0.39, 0.29) is 6.29 Å². The van der Waals surface area contributed by atoms with Gasteiger partial charge < -0.3 is 35.4 Å². The Bertz CT molecular complexity index is 266. The van der Waals surface area contributed by atoms with E-state index in [1.807, 2.05) is 0 Å². The first kappa shape index (κ1) is 26.7. The number of aliphatic hydroxyl groups is 6. The normalized spacial score (nSPS) is 15.6. The fourth-order valence-electron chi connectivity index (χ4n) is 2.22. The summed E-state index contributed by atoms with van der Waals surface area (Å²) < 4.78 is 0. The molecule has 0 unspecified atom stereocenters. The topological polar surface area (TPSA) is 138 Å². The second-order valence-corrected chi connectivity index (χ2v) is 6.26. The van der Waals surface area contributed by atoms with Crippen molar-refractivity contribution in [3.63, 3.8) is 0 Å². The Morgan fingerprint density at radius 1 is 0.720 bits per heavy atom. The van der Waals surface area contributed by atoms with Crippen molar-refractivity contribution in [2.75, 3.05) is 13.2 Å². The first-order chi connectivity index (χ1) is 12.0. The van der Waals surface area contributed by atoms with Crippen molar-refractivity contribution in [1.29, 1.82) is 0 Å². The van der Waals surface area contributed by atoms with E-state index in [0.717, 1.165) is 6.42 Å². The lowest BCUT2D eigenvalue weighted by molar-refractivity contribution is -0.136. The molecule has 0 fully saturated rings. The average Bonchev–Trinajstić information content (AvgIpc) is 2.64. The average molecular weight is 366 g/mol. The summed E-state index contributed by atoms with van der Waals surface area (Å²) >= 11 is 0. The number of carbonyl (C=O) groups excluding carboxylic acids is 1. The molecule has 0 aliphatic carbocycles. The first-order valence-corrected chi connectivity index (χ1v) is 9.35. The SMILES string of the molecule is CCCCCCCCCCCCO.O=C[C@@H](O)[C@@H](O)[C@H](O)[C@H](O)CO. The van der Waals surface area contributed by atoms with Gasteiger partial charge in [0.05, 0.1) is 6.61 Å². The Hall–Kier alpha value is -0.570. The Labute approximate surface area is 151 Å². The minimum atomic E-state index is -1.79. The van der Waals surface area contributed by atoms with Crippen LogP contribution in [0.2, 0.25) is 0 Å². The van der Waals surface area contributed by atoms with Crippen LogP contribution in [-0.4, -0.2) is 74.6 Å². The van der Waals surface area contributed by atoms with Crippen molar-refractivity contribution in [2.24, 2.45) is 0 Å². The molecule has 0 aliphatic rings. The molecule has 0 spiro atoms. The molecular weight excluding hydrogens is 328 g/mol. The van der Waals surface area contributed by atoms with E-state index < -0.39 is 31.0 Å². The lowest BCUT2D eigenvalue weighted by Gasteiger charge is -2.22. The Kier molecular flexibility index (Phi) is 21.1. The number of unbranched alkanes of at least 4 members (excludes halogenated alkanes) is 9. The molecule has 0 rings (SSSR count). The van der Waals surface area contributed by atoms with Gasteiger partial charge in [-0.25, -0.2) is 0 Å². The summed E-state index contributed by atoms with van der Waals surface area (Å²) in [6.07, 6.45) is 6.46. The molecule has 0 aromatic rings. The standard InChI is InChI=1S/C12H26O.C6H12O6/c1-2-3-4-5-6-7-8-9-10-11-12-13;7-1-3(9)5(11)6(12)4(10)2-8/h13H,2-12H2,1H3;1,3-6,8-12H,2H2/t;3-,4-,5-,6-/m.1/s1. The van der Waals surface area contributed by atoms with Gasteiger partial charge >= 0.3 is 0 Å². The van der Waals surface area contributed by atoms with Crippen LogP contribution in [0.15, 0.2) is 0 Å². The Balaban J connectivity index is 0. The molecule has 25 heavy (non-hydrogen) atoms. The fraction of sp³-hybridized carbons (Fsp3) is 0.944. The van der Waals surface area contributed by atoms with E-state index in [0.29, 0.717) is 6.61 Å². The molecule has 7 nitrogen and oxygen atoms in total. The lowest BCUT2D eigenvalue weighted by atomic mass is 10.0. The zero-order chi connectivity index (χ0) is 19.5. The van der Waals surface area contributed by atoms with Gasteiger partial charge in [0.1, 0.15) is 24.4 Å². The van der Waals surface area contributed by atoms with Gasteiger partial charge in [-0.3, -0.25) is 0 Å². The summed E-state index contributed by atoms with van der Waals surface area (Å²) in [5.74, 6) is 0. The smallest absolute Gasteiger partial charge is 0.151 e. The number of aldehydes is 1.